The molecule has 2 heterocycles. The van der Waals surface area contributed by atoms with Gasteiger partial charge in [-0.25, -0.2) is 0 Å². The lowest BCUT2D eigenvalue weighted by molar-refractivity contribution is -0.116. The highest BCUT2D eigenvalue weighted by atomic mass is 35.5. The van der Waals surface area contributed by atoms with E-state index in [4.69, 9.17) is 11.6 Å². The van der Waals surface area contributed by atoms with Gasteiger partial charge in [0.05, 0.1) is 22.6 Å². The lowest BCUT2D eigenvalue weighted by Gasteiger charge is -2.05. The van der Waals surface area contributed by atoms with Gasteiger partial charge in [-0.1, -0.05) is 11.6 Å². The molecule has 0 saturated carbocycles. The minimum Gasteiger partial charge on any atom is -0.352 e. The van der Waals surface area contributed by atoms with Crippen molar-refractivity contribution in [2.75, 3.05) is 6.54 Å². The second-order valence-corrected chi connectivity index (χ2v) is 5.69. The monoisotopic (exact) mass is 335 g/mol. The quantitative estimate of drug-likeness (QED) is 0.624. The molecular weight excluding hydrogens is 314 g/mol. The van der Waals surface area contributed by atoms with E-state index >= 15 is 0 Å². The summed E-state index contributed by atoms with van der Waals surface area (Å²) in [5, 5.41) is 12.1. The number of hydrogen-bond acceptors (Lipinski definition) is 3. The summed E-state index contributed by atoms with van der Waals surface area (Å²) in [5.41, 5.74) is 2.71. The Morgan fingerprint density at radius 2 is 2.22 bits per heavy atom. The Morgan fingerprint density at radius 1 is 1.43 bits per heavy atom. The summed E-state index contributed by atoms with van der Waals surface area (Å²) < 4.78 is 3.69. The predicted octanol–water partition coefficient (Wildman–Crippen LogP) is 2.59. The van der Waals surface area contributed by atoms with Crippen LogP contribution in [0.25, 0.3) is 6.08 Å². The van der Waals surface area contributed by atoms with Crippen LogP contribution in [0.3, 0.4) is 0 Å². The van der Waals surface area contributed by atoms with Crippen molar-refractivity contribution in [3.63, 3.8) is 0 Å². The molecular formula is C16H22ClN5O. The topological polar surface area (TPSA) is 64.7 Å². The van der Waals surface area contributed by atoms with Gasteiger partial charge in [-0.2, -0.15) is 10.2 Å². The van der Waals surface area contributed by atoms with Gasteiger partial charge in [0.1, 0.15) is 0 Å². The van der Waals surface area contributed by atoms with Gasteiger partial charge in [0.2, 0.25) is 5.91 Å². The summed E-state index contributed by atoms with van der Waals surface area (Å²) in [4.78, 5) is 11.8. The maximum atomic E-state index is 11.8. The molecule has 2 aromatic rings. The third kappa shape index (κ3) is 4.69. The molecule has 0 atom stereocenters. The second-order valence-electron chi connectivity index (χ2n) is 5.32. The first-order chi connectivity index (χ1) is 11.0. The van der Waals surface area contributed by atoms with Gasteiger partial charge in [0.25, 0.3) is 0 Å². The first-order valence-electron chi connectivity index (χ1n) is 7.69. The summed E-state index contributed by atoms with van der Waals surface area (Å²) in [6.45, 7) is 7.98. The lowest BCUT2D eigenvalue weighted by atomic mass is 10.3. The van der Waals surface area contributed by atoms with E-state index in [1.165, 1.54) is 6.08 Å². The van der Waals surface area contributed by atoms with Crippen LogP contribution >= 0.6 is 11.6 Å². The summed E-state index contributed by atoms with van der Waals surface area (Å²) in [7, 11) is 0. The molecule has 1 N–H and O–H groups in total. The SMILES string of the molecule is CCn1cc(/C=C/C(=O)NCCCn2nc(C)c(Cl)c2C)cn1. The van der Waals surface area contributed by atoms with Gasteiger partial charge in [0.15, 0.2) is 0 Å². The predicted molar refractivity (Wildman–Crippen MR) is 91.3 cm³/mol. The largest absolute Gasteiger partial charge is 0.352 e. The Labute approximate surface area is 141 Å². The number of hydrogen-bond donors (Lipinski definition) is 1. The van der Waals surface area contributed by atoms with E-state index in [2.05, 4.69) is 15.5 Å². The summed E-state index contributed by atoms with van der Waals surface area (Å²) >= 11 is 6.10. The van der Waals surface area contributed by atoms with Crippen LogP contribution in [0.5, 0.6) is 0 Å². The van der Waals surface area contributed by atoms with Crippen molar-refractivity contribution < 1.29 is 4.79 Å². The number of aryl methyl sites for hydroxylation is 3. The summed E-state index contributed by atoms with van der Waals surface area (Å²) in [5.74, 6) is -0.111. The third-order valence-electron chi connectivity index (χ3n) is 3.54. The van der Waals surface area contributed by atoms with Crippen LogP contribution in [-0.4, -0.2) is 32.0 Å². The van der Waals surface area contributed by atoms with Crippen LogP contribution in [0.1, 0.15) is 30.3 Å². The number of aromatic nitrogens is 4. The van der Waals surface area contributed by atoms with Crippen molar-refractivity contribution in [3.8, 4) is 0 Å². The summed E-state index contributed by atoms with van der Waals surface area (Å²) in [6, 6.07) is 0. The third-order valence-corrected chi connectivity index (χ3v) is 4.09. The number of halogens is 1. The van der Waals surface area contributed by atoms with Gasteiger partial charge in [-0.05, 0) is 33.3 Å². The van der Waals surface area contributed by atoms with Gasteiger partial charge in [-0.3, -0.25) is 14.2 Å². The Hall–Kier alpha value is -2.08. The van der Waals surface area contributed by atoms with Crippen molar-refractivity contribution in [3.05, 3.63) is 40.4 Å². The molecule has 6 nitrogen and oxygen atoms in total. The highest BCUT2D eigenvalue weighted by Gasteiger charge is 2.08. The molecule has 0 fully saturated rings. The maximum absolute atomic E-state index is 11.8. The zero-order chi connectivity index (χ0) is 16.8. The minimum atomic E-state index is -0.111. The van der Waals surface area contributed by atoms with Gasteiger partial charge >= 0.3 is 0 Å². The number of amides is 1. The first kappa shape index (κ1) is 17.3. The van der Waals surface area contributed by atoms with E-state index in [-0.39, 0.29) is 5.91 Å². The number of rotatable bonds is 7. The lowest BCUT2D eigenvalue weighted by Crippen LogP contribution is -2.23. The fourth-order valence-corrected chi connectivity index (χ4v) is 2.34. The van der Waals surface area contributed by atoms with E-state index in [9.17, 15) is 4.79 Å². The van der Waals surface area contributed by atoms with Crippen LogP contribution in [0, 0.1) is 13.8 Å². The van der Waals surface area contributed by atoms with Crippen molar-refractivity contribution in [1.29, 1.82) is 0 Å². The molecule has 0 aromatic carbocycles. The molecule has 0 aliphatic carbocycles. The zero-order valence-corrected chi connectivity index (χ0v) is 14.5. The van der Waals surface area contributed by atoms with Crippen molar-refractivity contribution in [2.45, 2.75) is 40.3 Å². The fourth-order valence-electron chi connectivity index (χ4n) is 2.20. The molecule has 2 rings (SSSR count). The van der Waals surface area contributed by atoms with E-state index in [0.29, 0.717) is 11.6 Å². The second kappa shape index (κ2) is 7.97. The van der Waals surface area contributed by atoms with Crippen LogP contribution in [-0.2, 0) is 17.9 Å². The van der Waals surface area contributed by atoms with Gasteiger partial charge < -0.3 is 5.32 Å². The van der Waals surface area contributed by atoms with Gasteiger partial charge in [0, 0.05) is 37.5 Å². The number of nitrogens with one attached hydrogen (secondary N) is 1. The zero-order valence-electron chi connectivity index (χ0n) is 13.7. The number of carbonyl (C=O) groups excluding carboxylic acids is 1. The van der Waals surface area contributed by atoms with E-state index in [1.807, 2.05) is 36.3 Å². The molecule has 0 bridgehead atoms. The molecule has 0 saturated heterocycles. The Bertz CT molecular complexity index is 701. The maximum Gasteiger partial charge on any atom is 0.244 e. The van der Waals surface area contributed by atoms with Crippen molar-refractivity contribution in [2.24, 2.45) is 0 Å². The van der Waals surface area contributed by atoms with Crippen molar-refractivity contribution >= 4 is 23.6 Å². The highest BCUT2D eigenvalue weighted by molar-refractivity contribution is 6.31. The minimum absolute atomic E-state index is 0.111. The average Bonchev–Trinajstić information content (AvgIpc) is 3.10. The molecule has 0 aliphatic heterocycles. The summed E-state index contributed by atoms with van der Waals surface area (Å²) in [6.07, 6.45) is 7.72. The van der Waals surface area contributed by atoms with Crippen LogP contribution < -0.4 is 5.32 Å². The molecule has 0 aliphatic rings. The molecule has 124 valence electrons. The fraction of sp³-hybridized carbons (Fsp3) is 0.438. The Kier molecular flexibility index (Phi) is 5.98. The molecule has 23 heavy (non-hydrogen) atoms. The van der Waals surface area contributed by atoms with E-state index in [0.717, 1.165) is 36.5 Å². The standard InChI is InChI=1S/C16H22ClN5O/c1-4-21-11-14(10-19-21)6-7-15(23)18-8-5-9-22-13(3)16(17)12(2)20-22/h6-7,10-11H,4-5,8-9H2,1-3H3,(H,18,23)/b7-6+. The smallest absolute Gasteiger partial charge is 0.244 e. The molecule has 7 heteroatoms. The molecule has 2 aromatic heterocycles. The van der Waals surface area contributed by atoms with E-state index < -0.39 is 0 Å². The van der Waals surface area contributed by atoms with Crippen LogP contribution in [0.4, 0.5) is 0 Å². The highest BCUT2D eigenvalue weighted by Crippen LogP contribution is 2.18. The van der Waals surface area contributed by atoms with Crippen molar-refractivity contribution in [1.82, 2.24) is 24.9 Å². The molecule has 0 radical (unpaired) electrons. The van der Waals surface area contributed by atoms with E-state index in [1.54, 1.807) is 12.3 Å². The first-order valence-corrected chi connectivity index (χ1v) is 8.07. The molecule has 0 unspecified atom stereocenters. The van der Waals surface area contributed by atoms with Crippen LogP contribution in [0.2, 0.25) is 5.02 Å². The number of carbonyl (C=O) groups is 1. The Morgan fingerprint density at radius 3 is 2.83 bits per heavy atom. The average molecular weight is 336 g/mol. The Balaban J connectivity index is 1.73. The number of nitrogens with zero attached hydrogens (tertiary/aromatic N) is 4. The van der Waals surface area contributed by atoms with Gasteiger partial charge in [-0.15, -0.1) is 0 Å². The normalized spacial score (nSPS) is 11.3. The molecule has 1 amide bonds. The molecule has 0 spiro atoms. The van der Waals surface area contributed by atoms with Crippen LogP contribution in [0.15, 0.2) is 18.5 Å².